The van der Waals surface area contributed by atoms with Gasteiger partial charge in [-0.25, -0.2) is 8.42 Å². The van der Waals surface area contributed by atoms with Crippen LogP contribution in [0.3, 0.4) is 0 Å². The van der Waals surface area contributed by atoms with Crippen molar-refractivity contribution in [2.24, 2.45) is 0 Å². The lowest BCUT2D eigenvalue weighted by atomic mass is 9.82. The molecule has 1 fully saturated rings. The van der Waals surface area contributed by atoms with Gasteiger partial charge >= 0.3 is 0 Å². The standard InChI is InChI=1S/C18H28N2O3S/c1-5-18(3,4)16-7-9-17(10-8-16)24(22,23)20-12-6-11-19(13-14-20)15(2)21/h7-10H,5-6,11-14H2,1-4H3. The average molecular weight is 353 g/mol. The van der Waals surface area contributed by atoms with Crippen molar-refractivity contribution < 1.29 is 13.2 Å². The van der Waals surface area contributed by atoms with Crippen LogP contribution in [0.25, 0.3) is 0 Å². The lowest BCUT2D eigenvalue weighted by Gasteiger charge is -2.24. The molecule has 5 nitrogen and oxygen atoms in total. The molecule has 6 heteroatoms. The molecule has 1 aromatic rings. The van der Waals surface area contributed by atoms with Crippen LogP contribution in [0, 0.1) is 0 Å². The summed E-state index contributed by atoms with van der Waals surface area (Å²) < 4.78 is 27.2. The monoisotopic (exact) mass is 352 g/mol. The molecule has 1 aliphatic rings. The molecule has 0 aliphatic carbocycles. The number of nitrogens with zero attached hydrogens (tertiary/aromatic N) is 2. The lowest BCUT2D eigenvalue weighted by Crippen LogP contribution is -2.36. The van der Waals surface area contributed by atoms with Gasteiger partial charge in [0.2, 0.25) is 15.9 Å². The molecule has 0 spiro atoms. The second-order valence-electron chi connectivity index (χ2n) is 7.03. The van der Waals surface area contributed by atoms with Gasteiger partial charge in [-0.1, -0.05) is 32.9 Å². The Morgan fingerprint density at radius 2 is 1.71 bits per heavy atom. The van der Waals surface area contributed by atoms with Crippen LogP contribution in [0.4, 0.5) is 0 Å². The maximum atomic E-state index is 12.9. The SMILES string of the molecule is CCC(C)(C)c1ccc(S(=O)(=O)N2CCCN(C(C)=O)CC2)cc1. The van der Waals surface area contributed by atoms with Crippen molar-refractivity contribution in [3.8, 4) is 0 Å². The van der Waals surface area contributed by atoms with E-state index in [0.717, 1.165) is 12.0 Å². The van der Waals surface area contributed by atoms with E-state index in [0.29, 0.717) is 37.5 Å². The highest BCUT2D eigenvalue weighted by Crippen LogP contribution is 2.28. The number of carbonyl (C=O) groups excluding carboxylic acids is 1. The van der Waals surface area contributed by atoms with Crippen molar-refractivity contribution in [2.45, 2.75) is 50.8 Å². The van der Waals surface area contributed by atoms with Gasteiger partial charge in [-0.2, -0.15) is 4.31 Å². The molecular weight excluding hydrogens is 324 g/mol. The van der Waals surface area contributed by atoms with Gasteiger partial charge in [0.25, 0.3) is 0 Å². The number of benzene rings is 1. The van der Waals surface area contributed by atoms with Crippen LogP contribution in [0.15, 0.2) is 29.2 Å². The Hall–Kier alpha value is -1.40. The number of amides is 1. The maximum Gasteiger partial charge on any atom is 0.243 e. The molecule has 0 atom stereocenters. The molecule has 0 saturated carbocycles. The Morgan fingerprint density at radius 3 is 2.25 bits per heavy atom. The third-order valence-electron chi connectivity index (χ3n) is 5.06. The van der Waals surface area contributed by atoms with E-state index in [-0.39, 0.29) is 11.3 Å². The first-order valence-electron chi connectivity index (χ1n) is 8.54. The Kier molecular flexibility index (Phi) is 5.71. The molecule has 1 amide bonds. The predicted octanol–water partition coefficient (Wildman–Crippen LogP) is 2.62. The summed E-state index contributed by atoms with van der Waals surface area (Å²) >= 11 is 0. The molecule has 0 unspecified atom stereocenters. The Morgan fingerprint density at radius 1 is 1.08 bits per heavy atom. The first-order valence-corrected chi connectivity index (χ1v) is 9.98. The first-order chi connectivity index (χ1) is 11.2. The Balaban J connectivity index is 2.19. The van der Waals surface area contributed by atoms with Gasteiger partial charge < -0.3 is 4.90 Å². The minimum atomic E-state index is -3.51. The van der Waals surface area contributed by atoms with Crippen molar-refractivity contribution in [1.82, 2.24) is 9.21 Å². The summed E-state index contributed by atoms with van der Waals surface area (Å²) in [6.45, 7) is 9.84. The fraction of sp³-hybridized carbons (Fsp3) is 0.611. The van der Waals surface area contributed by atoms with E-state index < -0.39 is 10.0 Å². The number of sulfonamides is 1. The maximum absolute atomic E-state index is 12.9. The largest absolute Gasteiger partial charge is 0.342 e. The highest BCUT2D eigenvalue weighted by molar-refractivity contribution is 7.89. The van der Waals surface area contributed by atoms with Crippen LogP contribution in [-0.2, 0) is 20.2 Å². The second kappa shape index (κ2) is 7.23. The number of carbonyl (C=O) groups is 1. The van der Waals surface area contributed by atoms with Crippen LogP contribution < -0.4 is 0 Å². The molecule has 134 valence electrons. The van der Waals surface area contributed by atoms with Crippen molar-refractivity contribution >= 4 is 15.9 Å². The van der Waals surface area contributed by atoms with E-state index in [2.05, 4.69) is 20.8 Å². The fourth-order valence-electron chi connectivity index (χ4n) is 2.88. The zero-order chi connectivity index (χ0) is 18.0. The van der Waals surface area contributed by atoms with E-state index in [9.17, 15) is 13.2 Å². The van der Waals surface area contributed by atoms with Crippen LogP contribution >= 0.6 is 0 Å². The van der Waals surface area contributed by atoms with E-state index in [1.807, 2.05) is 12.1 Å². The van der Waals surface area contributed by atoms with Crippen LogP contribution in [0.5, 0.6) is 0 Å². The minimum absolute atomic E-state index is 0.000368. The number of hydrogen-bond donors (Lipinski definition) is 0. The van der Waals surface area contributed by atoms with E-state index in [4.69, 9.17) is 0 Å². The fourth-order valence-corrected chi connectivity index (χ4v) is 4.35. The topological polar surface area (TPSA) is 57.7 Å². The molecule has 0 N–H and O–H groups in total. The summed E-state index contributed by atoms with van der Waals surface area (Å²) in [4.78, 5) is 13.5. The molecule has 1 heterocycles. The predicted molar refractivity (Wildman–Crippen MR) is 95.4 cm³/mol. The van der Waals surface area contributed by atoms with Crippen LogP contribution in [0.1, 0.15) is 46.1 Å². The number of hydrogen-bond acceptors (Lipinski definition) is 3. The van der Waals surface area contributed by atoms with Gasteiger partial charge in [-0.05, 0) is 36.0 Å². The third-order valence-corrected chi connectivity index (χ3v) is 6.97. The zero-order valence-corrected chi connectivity index (χ0v) is 15.9. The summed E-state index contributed by atoms with van der Waals surface area (Å²) in [7, 11) is -3.51. The molecule has 0 radical (unpaired) electrons. The summed E-state index contributed by atoms with van der Waals surface area (Å²) in [5, 5.41) is 0. The molecule has 1 aliphatic heterocycles. The highest BCUT2D eigenvalue weighted by Gasteiger charge is 2.28. The van der Waals surface area contributed by atoms with Gasteiger partial charge in [0.05, 0.1) is 4.90 Å². The Bertz CT molecular complexity index is 681. The zero-order valence-electron chi connectivity index (χ0n) is 15.1. The van der Waals surface area contributed by atoms with Crippen molar-refractivity contribution in [2.75, 3.05) is 26.2 Å². The second-order valence-corrected chi connectivity index (χ2v) is 8.96. The smallest absolute Gasteiger partial charge is 0.243 e. The molecular formula is C18H28N2O3S. The van der Waals surface area contributed by atoms with Crippen LogP contribution in [-0.4, -0.2) is 49.7 Å². The molecule has 1 saturated heterocycles. The lowest BCUT2D eigenvalue weighted by molar-refractivity contribution is -0.128. The number of rotatable bonds is 4. The van der Waals surface area contributed by atoms with Crippen LogP contribution in [0.2, 0.25) is 0 Å². The summed E-state index contributed by atoms with van der Waals surface area (Å²) in [5.41, 5.74) is 1.18. The first kappa shape index (κ1) is 18.9. The average Bonchev–Trinajstić information content (AvgIpc) is 2.81. The van der Waals surface area contributed by atoms with E-state index in [1.54, 1.807) is 17.0 Å². The quantitative estimate of drug-likeness (QED) is 0.837. The molecule has 24 heavy (non-hydrogen) atoms. The van der Waals surface area contributed by atoms with Crippen molar-refractivity contribution in [3.63, 3.8) is 0 Å². The summed E-state index contributed by atoms with van der Waals surface area (Å²) in [5.74, 6) is 0.000368. The van der Waals surface area contributed by atoms with E-state index >= 15 is 0 Å². The van der Waals surface area contributed by atoms with Gasteiger partial charge in [0.15, 0.2) is 0 Å². The molecule has 1 aromatic carbocycles. The highest BCUT2D eigenvalue weighted by atomic mass is 32.2. The van der Waals surface area contributed by atoms with Gasteiger partial charge in [0, 0.05) is 33.1 Å². The van der Waals surface area contributed by atoms with Crippen molar-refractivity contribution in [1.29, 1.82) is 0 Å². The van der Waals surface area contributed by atoms with Crippen molar-refractivity contribution in [3.05, 3.63) is 29.8 Å². The molecule has 2 rings (SSSR count). The third kappa shape index (κ3) is 3.98. The van der Waals surface area contributed by atoms with Gasteiger partial charge in [-0.15, -0.1) is 0 Å². The molecule has 0 bridgehead atoms. The minimum Gasteiger partial charge on any atom is -0.342 e. The van der Waals surface area contributed by atoms with E-state index in [1.165, 1.54) is 11.2 Å². The normalized spacial score (nSPS) is 17.6. The van der Waals surface area contributed by atoms with Gasteiger partial charge in [0.1, 0.15) is 0 Å². The summed E-state index contributed by atoms with van der Waals surface area (Å²) in [6.07, 6.45) is 1.66. The van der Waals surface area contributed by atoms with Gasteiger partial charge in [-0.3, -0.25) is 4.79 Å². The Labute approximate surface area is 145 Å². The molecule has 0 aromatic heterocycles. The summed E-state index contributed by atoms with van der Waals surface area (Å²) in [6, 6.07) is 7.23.